The maximum Gasteiger partial charge on any atom is 0.161 e. The molecule has 2 bridgehead atoms. The number of fused-ring (bicyclic) bond motifs is 12. The third-order valence-corrected chi connectivity index (χ3v) is 10.7. The summed E-state index contributed by atoms with van der Waals surface area (Å²) in [5, 5.41) is 0. The molecule has 7 nitrogen and oxygen atoms in total. The molecule has 45 heavy (non-hydrogen) atoms. The molecule has 8 rings (SSSR count). The molecule has 0 saturated carbocycles. The summed E-state index contributed by atoms with van der Waals surface area (Å²) in [5.41, 5.74) is 6.91. The van der Waals surface area contributed by atoms with Gasteiger partial charge in [-0.25, -0.2) is 0 Å². The van der Waals surface area contributed by atoms with Gasteiger partial charge in [-0.2, -0.15) is 0 Å². The lowest BCUT2D eigenvalue weighted by Crippen LogP contribution is -2.72. The van der Waals surface area contributed by atoms with Crippen LogP contribution in [0.25, 0.3) is 0 Å². The zero-order valence-corrected chi connectivity index (χ0v) is 26.4. The first-order valence-electron chi connectivity index (χ1n) is 15.8. The SMILES string of the molecule is COc1cc2c(cc1OC)[C@@]1(Cc3ccccc3)[C@H]3O[C@@H](N1CC2)[C@]1(Cc2ccccc2)c2cc(OC)c(OC)cc2CCN31. The van der Waals surface area contributed by atoms with Crippen molar-refractivity contribution in [3.8, 4) is 23.0 Å². The Bertz CT molecular complexity index is 1600. The zero-order chi connectivity index (χ0) is 30.8. The Morgan fingerprint density at radius 3 is 1.33 bits per heavy atom. The molecule has 4 heterocycles. The lowest BCUT2D eigenvalue weighted by molar-refractivity contribution is -0.106. The monoisotopic (exact) mass is 604 g/mol. The summed E-state index contributed by atoms with van der Waals surface area (Å²) in [7, 11) is 6.87. The highest BCUT2D eigenvalue weighted by Crippen LogP contribution is 2.63. The van der Waals surface area contributed by atoms with Gasteiger partial charge in [-0.15, -0.1) is 0 Å². The van der Waals surface area contributed by atoms with Crippen LogP contribution in [0, 0.1) is 0 Å². The predicted octanol–water partition coefficient (Wildman–Crippen LogP) is 5.71. The molecule has 4 aliphatic rings. The van der Waals surface area contributed by atoms with Crippen LogP contribution in [-0.4, -0.2) is 63.8 Å². The van der Waals surface area contributed by atoms with E-state index in [0.717, 1.165) is 61.8 Å². The van der Waals surface area contributed by atoms with Crippen molar-refractivity contribution in [2.24, 2.45) is 0 Å². The van der Waals surface area contributed by atoms with E-state index in [9.17, 15) is 0 Å². The van der Waals surface area contributed by atoms with Crippen molar-refractivity contribution in [1.82, 2.24) is 9.80 Å². The summed E-state index contributed by atoms with van der Waals surface area (Å²) in [6.45, 7) is 1.76. The lowest BCUT2D eigenvalue weighted by Gasteiger charge is -2.60. The molecule has 4 aromatic carbocycles. The second-order valence-corrected chi connectivity index (χ2v) is 12.6. The highest BCUT2D eigenvalue weighted by Gasteiger charge is 2.73. The molecule has 0 aromatic heterocycles. The van der Waals surface area contributed by atoms with Crippen LogP contribution >= 0.6 is 0 Å². The average Bonchev–Trinajstić information content (AvgIpc) is 3.60. The van der Waals surface area contributed by atoms with Gasteiger partial charge in [0, 0.05) is 13.1 Å². The number of benzene rings is 4. The van der Waals surface area contributed by atoms with E-state index in [-0.39, 0.29) is 12.5 Å². The minimum atomic E-state index is -0.409. The van der Waals surface area contributed by atoms with Crippen LogP contribution in [0.2, 0.25) is 0 Å². The maximum absolute atomic E-state index is 7.40. The van der Waals surface area contributed by atoms with Gasteiger partial charge in [-0.1, -0.05) is 60.7 Å². The van der Waals surface area contributed by atoms with Gasteiger partial charge in [0.1, 0.15) is 12.5 Å². The maximum atomic E-state index is 7.40. The second kappa shape index (κ2) is 10.8. The summed E-state index contributed by atoms with van der Waals surface area (Å²) in [5.74, 6) is 3.05. The Morgan fingerprint density at radius 1 is 0.578 bits per heavy atom. The Labute approximate surface area is 265 Å². The summed E-state index contributed by atoms with van der Waals surface area (Å²) in [6, 6.07) is 30.5. The molecule has 232 valence electrons. The van der Waals surface area contributed by atoms with Gasteiger partial charge < -0.3 is 23.7 Å². The van der Waals surface area contributed by atoms with Crippen LogP contribution in [-0.2, 0) is 41.5 Å². The van der Waals surface area contributed by atoms with Gasteiger partial charge in [0.15, 0.2) is 23.0 Å². The van der Waals surface area contributed by atoms with Crippen molar-refractivity contribution in [1.29, 1.82) is 0 Å². The molecule has 7 heteroatoms. The fourth-order valence-electron chi connectivity index (χ4n) is 8.85. The largest absolute Gasteiger partial charge is 0.493 e. The minimum absolute atomic E-state index is 0.176. The van der Waals surface area contributed by atoms with Crippen LogP contribution in [0.3, 0.4) is 0 Å². The number of nitrogens with zero attached hydrogens (tertiary/aromatic N) is 2. The average molecular weight is 605 g/mol. The summed E-state index contributed by atoms with van der Waals surface area (Å²) in [6.07, 6.45) is 3.11. The second-order valence-electron chi connectivity index (χ2n) is 12.6. The first kappa shape index (κ1) is 28.4. The van der Waals surface area contributed by atoms with Crippen molar-refractivity contribution in [3.63, 3.8) is 0 Å². The Balaban J connectivity index is 1.36. The van der Waals surface area contributed by atoms with E-state index >= 15 is 0 Å². The fraction of sp³-hybridized carbons (Fsp3) is 0.368. The fourth-order valence-corrected chi connectivity index (χ4v) is 8.85. The molecule has 0 radical (unpaired) electrons. The van der Waals surface area contributed by atoms with Crippen molar-refractivity contribution < 1.29 is 23.7 Å². The van der Waals surface area contributed by atoms with Crippen molar-refractivity contribution in [2.45, 2.75) is 49.2 Å². The van der Waals surface area contributed by atoms with Gasteiger partial charge in [0.2, 0.25) is 0 Å². The third-order valence-electron chi connectivity index (χ3n) is 10.7. The number of hydrogen-bond donors (Lipinski definition) is 0. The summed E-state index contributed by atoms with van der Waals surface area (Å²) < 4.78 is 30.7. The number of ether oxygens (including phenoxy) is 5. The smallest absolute Gasteiger partial charge is 0.161 e. The Morgan fingerprint density at radius 2 is 0.956 bits per heavy atom. The molecule has 4 atom stereocenters. The minimum Gasteiger partial charge on any atom is -0.493 e. The van der Waals surface area contributed by atoms with Crippen LogP contribution < -0.4 is 18.9 Å². The Kier molecular flexibility index (Phi) is 6.82. The molecule has 0 amide bonds. The number of methoxy groups -OCH3 is 4. The van der Waals surface area contributed by atoms with Crippen LogP contribution in [0.15, 0.2) is 84.9 Å². The molecule has 0 unspecified atom stereocenters. The number of piperazine rings is 1. The molecular formula is C38H40N2O5. The molecule has 2 fully saturated rings. The zero-order valence-electron chi connectivity index (χ0n) is 26.4. The lowest BCUT2D eigenvalue weighted by atomic mass is 9.67. The molecule has 4 aliphatic heterocycles. The first-order chi connectivity index (χ1) is 22.1. The van der Waals surface area contributed by atoms with E-state index in [0.29, 0.717) is 0 Å². The standard InChI is InChI=1S/C38H40N2O5/c1-41-31-19-27-15-17-39-36-38(24-26-13-9-6-10-14-26)30-22-34(44-4)32(42-2)20-28(30)16-18-40(38)35(45-36)37(39,29(27)21-33(31)43-3)23-25-11-7-5-8-12-25/h5-14,19-22,35-36H,15-18,23-24H2,1-4H3/t35-,36-,37+,38+/m1/s1. The Hall–Kier alpha value is -4.04. The summed E-state index contributed by atoms with van der Waals surface area (Å²) >= 11 is 0. The third kappa shape index (κ3) is 4.00. The normalized spacial score (nSPS) is 26.4. The molecule has 0 N–H and O–H groups in total. The number of rotatable bonds is 8. The van der Waals surface area contributed by atoms with Gasteiger partial charge >= 0.3 is 0 Å². The van der Waals surface area contributed by atoms with Gasteiger partial charge in [0.25, 0.3) is 0 Å². The van der Waals surface area contributed by atoms with Crippen LogP contribution in [0.5, 0.6) is 23.0 Å². The van der Waals surface area contributed by atoms with E-state index in [1.807, 2.05) is 0 Å². The van der Waals surface area contributed by atoms with Crippen LogP contribution in [0.4, 0.5) is 0 Å². The highest BCUT2D eigenvalue weighted by atomic mass is 16.6. The molecule has 0 spiro atoms. The summed E-state index contributed by atoms with van der Waals surface area (Å²) in [4.78, 5) is 5.37. The molecule has 2 saturated heterocycles. The highest BCUT2D eigenvalue weighted by molar-refractivity contribution is 5.56. The van der Waals surface area contributed by atoms with Crippen molar-refractivity contribution in [3.05, 3.63) is 118 Å². The van der Waals surface area contributed by atoms with Crippen LogP contribution in [0.1, 0.15) is 33.4 Å². The van der Waals surface area contributed by atoms with Crippen molar-refractivity contribution in [2.75, 3.05) is 41.5 Å². The first-order valence-corrected chi connectivity index (χ1v) is 15.8. The van der Waals surface area contributed by atoms with E-state index < -0.39 is 11.1 Å². The van der Waals surface area contributed by atoms with E-state index in [2.05, 4.69) is 94.7 Å². The van der Waals surface area contributed by atoms with E-state index in [4.69, 9.17) is 23.7 Å². The molecular weight excluding hydrogens is 564 g/mol. The molecule has 4 aromatic rings. The quantitative estimate of drug-likeness (QED) is 0.239. The van der Waals surface area contributed by atoms with Gasteiger partial charge in [-0.3, -0.25) is 9.80 Å². The number of hydrogen-bond acceptors (Lipinski definition) is 7. The predicted molar refractivity (Wildman–Crippen MR) is 172 cm³/mol. The van der Waals surface area contributed by atoms with Gasteiger partial charge in [0.05, 0.1) is 39.5 Å². The van der Waals surface area contributed by atoms with E-state index in [1.54, 1.807) is 28.4 Å². The molecule has 0 aliphatic carbocycles. The topological polar surface area (TPSA) is 52.6 Å². The van der Waals surface area contributed by atoms with Gasteiger partial charge in [-0.05, 0) is 83.3 Å². The van der Waals surface area contributed by atoms with Crippen molar-refractivity contribution >= 4 is 0 Å². The van der Waals surface area contributed by atoms with E-state index in [1.165, 1.54) is 33.4 Å².